The Bertz CT molecular complexity index is 851. The van der Waals surface area contributed by atoms with Gasteiger partial charge in [-0.2, -0.15) is 0 Å². The number of H-pyrrole nitrogens is 1. The van der Waals surface area contributed by atoms with Crippen molar-refractivity contribution < 1.29 is 9.53 Å². The van der Waals surface area contributed by atoms with Gasteiger partial charge >= 0.3 is 0 Å². The van der Waals surface area contributed by atoms with Gasteiger partial charge in [-0.1, -0.05) is 23.7 Å². The molecule has 8 heteroatoms. The molecule has 0 spiro atoms. The molecule has 0 fully saturated rings. The predicted molar refractivity (Wildman–Crippen MR) is 90.0 cm³/mol. The fourth-order valence-electron chi connectivity index (χ4n) is 2.26. The van der Waals surface area contributed by atoms with Gasteiger partial charge in [0.05, 0.1) is 19.2 Å². The summed E-state index contributed by atoms with van der Waals surface area (Å²) >= 11 is 6.03. The highest BCUT2D eigenvalue weighted by Crippen LogP contribution is 2.28. The van der Waals surface area contributed by atoms with Crippen LogP contribution in [0.5, 0.6) is 5.75 Å². The third-order valence-corrected chi connectivity index (χ3v) is 3.59. The van der Waals surface area contributed by atoms with E-state index in [1.807, 2.05) is 24.3 Å². The first-order chi connectivity index (χ1) is 11.7. The minimum Gasteiger partial charge on any atom is -0.497 e. The van der Waals surface area contributed by atoms with Crippen molar-refractivity contribution in [2.75, 3.05) is 12.4 Å². The van der Waals surface area contributed by atoms with E-state index in [9.17, 15) is 4.79 Å². The van der Waals surface area contributed by atoms with Crippen molar-refractivity contribution >= 4 is 23.2 Å². The van der Waals surface area contributed by atoms with E-state index in [0.29, 0.717) is 27.8 Å². The number of aromatic amines is 1. The monoisotopic (exact) mass is 343 g/mol. The van der Waals surface area contributed by atoms with Crippen molar-refractivity contribution in [1.82, 2.24) is 20.6 Å². The van der Waals surface area contributed by atoms with Gasteiger partial charge in [0.2, 0.25) is 5.91 Å². The van der Waals surface area contributed by atoms with E-state index in [2.05, 4.69) is 25.9 Å². The number of methoxy groups -OCH3 is 1. The molecule has 0 aliphatic rings. The van der Waals surface area contributed by atoms with E-state index in [0.717, 1.165) is 5.56 Å². The largest absolute Gasteiger partial charge is 0.497 e. The van der Waals surface area contributed by atoms with Crippen molar-refractivity contribution in [3.63, 3.8) is 0 Å². The van der Waals surface area contributed by atoms with E-state index in [-0.39, 0.29) is 12.3 Å². The number of hydrogen-bond donors (Lipinski definition) is 2. The number of carbonyl (C=O) groups excluding carboxylic acids is 1. The minimum absolute atomic E-state index is 0.181. The molecule has 1 aromatic heterocycles. The normalized spacial score (nSPS) is 10.4. The zero-order valence-electron chi connectivity index (χ0n) is 12.8. The molecule has 7 nitrogen and oxygen atoms in total. The second-order valence-corrected chi connectivity index (χ2v) is 5.45. The summed E-state index contributed by atoms with van der Waals surface area (Å²) in [6.45, 7) is 0. The number of tetrazole rings is 1. The summed E-state index contributed by atoms with van der Waals surface area (Å²) in [6, 6.07) is 12.5. The van der Waals surface area contributed by atoms with Crippen LogP contribution < -0.4 is 10.1 Å². The third-order valence-electron chi connectivity index (χ3n) is 3.35. The molecule has 24 heavy (non-hydrogen) atoms. The minimum atomic E-state index is -0.181. The van der Waals surface area contributed by atoms with Crippen LogP contribution in [0.25, 0.3) is 11.4 Å². The fourth-order valence-corrected chi connectivity index (χ4v) is 2.43. The summed E-state index contributed by atoms with van der Waals surface area (Å²) in [7, 11) is 1.59. The number of nitrogens with one attached hydrogen (secondary N) is 2. The molecule has 0 radical (unpaired) electrons. The van der Waals surface area contributed by atoms with Gasteiger partial charge in [-0.15, -0.1) is 5.10 Å². The summed E-state index contributed by atoms with van der Waals surface area (Å²) in [6.07, 6.45) is 0.206. The number of anilines is 1. The SMILES string of the molecule is COc1cccc(CC(=O)Nc2cc(Cl)ccc2-c2nnn[nH]2)c1. The van der Waals surface area contributed by atoms with Crippen molar-refractivity contribution in [2.45, 2.75) is 6.42 Å². The summed E-state index contributed by atoms with van der Waals surface area (Å²) in [5.74, 6) is 0.971. The summed E-state index contributed by atoms with van der Waals surface area (Å²) in [4.78, 5) is 12.4. The molecule has 0 atom stereocenters. The predicted octanol–water partition coefficient (Wildman–Crippen LogP) is 2.71. The summed E-state index contributed by atoms with van der Waals surface area (Å²) in [5.41, 5.74) is 2.04. The number of carbonyl (C=O) groups is 1. The Morgan fingerprint density at radius 3 is 2.92 bits per heavy atom. The molecule has 0 unspecified atom stereocenters. The number of aromatic nitrogens is 4. The topological polar surface area (TPSA) is 92.8 Å². The smallest absolute Gasteiger partial charge is 0.228 e. The Kier molecular flexibility index (Phi) is 4.72. The van der Waals surface area contributed by atoms with Gasteiger partial charge in [-0.3, -0.25) is 4.79 Å². The van der Waals surface area contributed by atoms with Crippen molar-refractivity contribution in [2.24, 2.45) is 0 Å². The third kappa shape index (κ3) is 3.69. The molecule has 0 aliphatic heterocycles. The maximum Gasteiger partial charge on any atom is 0.228 e. The Labute approximate surface area is 143 Å². The number of nitrogens with zero attached hydrogens (tertiary/aromatic N) is 3. The first kappa shape index (κ1) is 15.9. The Morgan fingerprint density at radius 2 is 2.17 bits per heavy atom. The standard InChI is InChI=1S/C16H14ClN5O2/c1-24-12-4-2-3-10(7-12)8-15(23)18-14-9-11(17)5-6-13(14)16-19-21-22-20-16/h2-7,9H,8H2,1H3,(H,18,23)(H,19,20,21,22). The molecule has 2 N–H and O–H groups in total. The van der Waals surface area contributed by atoms with Crippen LogP contribution in [0.2, 0.25) is 5.02 Å². The Morgan fingerprint density at radius 1 is 1.29 bits per heavy atom. The Balaban J connectivity index is 1.80. The van der Waals surface area contributed by atoms with Gasteiger partial charge < -0.3 is 10.1 Å². The van der Waals surface area contributed by atoms with Gasteiger partial charge in [0.1, 0.15) is 5.75 Å². The maximum atomic E-state index is 12.4. The van der Waals surface area contributed by atoms with E-state index in [1.54, 1.807) is 25.3 Å². The summed E-state index contributed by atoms with van der Waals surface area (Å²) in [5, 5.41) is 17.0. The van der Waals surface area contributed by atoms with Gasteiger partial charge in [-0.05, 0) is 46.3 Å². The highest BCUT2D eigenvalue weighted by Gasteiger charge is 2.13. The number of benzene rings is 2. The van der Waals surface area contributed by atoms with Gasteiger partial charge in [-0.25, -0.2) is 5.10 Å². The van der Waals surface area contributed by atoms with Crippen molar-refractivity contribution in [1.29, 1.82) is 0 Å². The van der Waals surface area contributed by atoms with Crippen LogP contribution in [-0.2, 0) is 11.2 Å². The Hall–Kier alpha value is -2.93. The van der Waals surface area contributed by atoms with Crippen molar-refractivity contribution in [3.8, 4) is 17.1 Å². The number of hydrogen-bond acceptors (Lipinski definition) is 5. The average Bonchev–Trinajstić information content (AvgIpc) is 3.09. The summed E-state index contributed by atoms with van der Waals surface area (Å²) < 4.78 is 5.16. The van der Waals surface area contributed by atoms with Crippen LogP contribution in [0.3, 0.4) is 0 Å². The van der Waals surface area contributed by atoms with Crippen LogP contribution >= 0.6 is 11.6 Å². The zero-order chi connectivity index (χ0) is 16.9. The lowest BCUT2D eigenvalue weighted by molar-refractivity contribution is -0.115. The molecule has 122 valence electrons. The molecule has 0 saturated carbocycles. The highest BCUT2D eigenvalue weighted by molar-refractivity contribution is 6.31. The molecule has 1 amide bonds. The van der Waals surface area contributed by atoms with Crippen LogP contribution in [0, 0.1) is 0 Å². The molecular weight excluding hydrogens is 330 g/mol. The molecule has 3 rings (SSSR count). The molecule has 3 aromatic rings. The molecule has 2 aromatic carbocycles. The molecule has 0 saturated heterocycles. The van der Waals surface area contributed by atoms with Gasteiger partial charge in [0.15, 0.2) is 5.82 Å². The first-order valence-electron chi connectivity index (χ1n) is 7.12. The number of amides is 1. The first-order valence-corrected chi connectivity index (χ1v) is 7.50. The second-order valence-electron chi connectivity index (χ2n) is 5.02. The van der Waals surface area contributed by atoms with Crippen LogP contribution in [0.1, 0.15) is 5.56 Å². The van der Waals surface area contributed by atoms with Crippen LogP contribution in [0.15, 0.2) is 42.5 Å². The molecule has 0 aliphatic carbocycles. The zero-order valence-corrected chi connectivity index (χ0v) is 13.5. The lowest BCUT2D eigenvalue weighted by Gasteiger charge is -2.10. The van der Waals surface area contributed by atoms with Crippen LogP contribution in [0.4, 0.5) is 5.69 Å². The molecular formula is C16H14ClN5O2. The number of rotatable bonds is 5. The molecule has 0 bridgehead atoms. The average molecular weight is 344 g/mol. The van der Waals surface area contributed by atoms with E-state index in [1.165, 1.54) is 0 Å². The van der Waals surface area contributed by atoms with Crippen molar-refractivity contribution in [3.05, 3.63) is 53.1 Å². The molecule has 1 heterocycles. The van der Waals surface area contributed by atoms with Gasteiger partial charge in [0, 0.05) is 10.6 Å². The quantitative estimate of drug-likeness (QED) is 0.743. The van der Waals surface area contributed by atoms with E-state index >= 15 is 0 Å². The van der Waals surface area contributed by atoms with E-state index < -0.39 is 0 Å². The van der Waals surface area contributed by atoms with Crippen LogP contribution in [-0.4, -0.2) is 33.6 Å². The number of ether oxygens (including phenoxy) is 1. The lowest BCUT2D eigenvalue weighted by Crippen LogP contribution is -2.15. The maximum absolute atomic E-state index is 12.4. The highest BCUT2D eigenvalue weighted by atomic mass is 35.5. The second kappa shape index (κ2) is 7.10. The number of halogens is 1. The fraction of sp³-hybridized carbons (Fsp3) is 0.125. The van der Waals surface area contributed by atoms with Gasteiger partial charge in [0.25, 0.3) is 0 Å². The van der Waals surface area contributed by atoms with E-state index in [4.69, 9.17) is 16.3 Å². The lowest BCUT2D eigenvalue weighted by atomic mass is 10.1.